The van der Waals surface area contributed by atoms with E-state index in [-0.39, 0.29) is 19.8 Å². The van der Waals surface area contributed by atoms with Crippen LogP contribution in [0.5, 0.6) is 0 Å². The van der Waals surface area contributed by atoms with Crippen molar-refractivity contribution in [3.8, 4) is 0 Å². The van der Waals surface area contributed by atoms with Gasteiger partial charge in [0.05, 0.1) is 39.3 Å². The molecule has 0 bridgehead atoms. The minimum Gasteiger partial charge on any atom is -0.396 e. The van der Waals surface area contributed by atoms with Gasteiger partial charge in [0.2, 0.25) is 0 Å². The first-order valence-corrected chi connectivity index (χ1v) is 4.55. The summed E-state index contributed by atoms with van der Waals surface area (Å²) in [5.41, 5.74) is 0. The third-order valence-electron chi connectivity index (χ3n) is 1.16. The standard InChI is InChI=1S/C5H9F3O2.C3H5F3O/c6-5(7,8)1-3-10-4-2-9;4-3(5,6)1-2-7/h9H,1-4H2;7H,1-2H2. The first-order chi connectivity index (χ1) is 7.62. The van der Waals surface area contributed by atoms with Gasteiger partial charge >= 0.3 is 12.4 Å². The maximum Gasteiger partial charge on any atom is 0.391 e. The fraction of sp³-hybridized carbons (Fsp3) is 1.00. The molecule has 0 saturated carbocycles. The van der Waals surface area contributed by atoms with E-state index in [2.05, 4.69) is 4.74 Å². The van der Waals surface area contributed by atoms with Crippen LogP contribution >= 0.6 is 0 Å². The van der Waals surface area contributed by atoms with Crippen molar-refractivity contribution in [1.29, 1.82) is 0 Å². The first-order valence-electron chi connectivity index (χ1n) is 4.55. The van der Waals surface area contributed by atoms with E-state index in [9.17, 15) is 26.3 Å². The monoisotopic (exact) mass is 272 g/mol. The molecule has 0 aromatic carbocycles. The molecule has 0 aromatic heterocycles. The third kappa shape index (κ3) is 25.6. The lowest BCUT2D eigenvalue weighted by Crippen LogP contribution is -2.12. The number of alkyl halides is 6. The highest BCUT2D eigenvalue weighted by atomic mass is 19.4. The first kappa shape index (κ1) is 18.8. The Morgan fingerprint density at radius 1 is 0.706 bits per heavy atom. The van der Waals surface area contributed by atoms with Gasteiger partial charge in [-0.3, -0.25) is 0 Å². The Morgan fingerprint density at radius 2 is 1.18 bits per heavy atom. The van der Waals surface area contributed by atoms with Crippen LogP contribution in [0, 0.1) is 0 Å². The molecule has 0 atom stereocenters. The van der Waals surface area contributed by atoms with Crippen molar-refractivity contribution < 1.29 is 41.3 Å². The molecule has 0 aliphatic heterocycles. The zero-order valence-electron chi connectivity index (χ0n) is 8.81. The van der Waals surface area contributed by atoms with Gasteiger partial charge in [-0.15, -0.1) is 0 Å². The van der Waals surface area contributed by atoms with Crippen molar-refractivity contribution >= 4 is 0 Å². The number of hydrogen-bond acceptors (Lipinski definition) is 3. The summed E-state index contributed by atoms with van der Waals surface area (Å²) in [6.07, 6.45) is -10.4. The second-order valence-electron chi connectivity index (χ2n) is 2.79. The predicted octanol–water partition coefficient (Wildman–Crippen LogP) is 1.88. The van der Waals surface area contributed by atoms with Gasteiger partial charge in [0.1, 0.15) is 0 Å². The fourth-order valence-electron chi connectivity index (χ4n) is 0.481. The zero-order chi connectivity index (χ0) is 13.9. The van der Waals surface area contributed by atoms with E-state index in [0.29, 0.717) is 0 Å². The third-order valence-corrected chi connectivity index (χ3v) is 1.16. The Balaban J connectivity index is 0. The molecular weight excluding hydrogens is 258 g/mol. The van der Waals surface area contributed by atoms with Crippen molar-refractivity contribution in [3.05, 3.63) is 0 Å². The zero-order valence-corrected chi connectivity index (χ0v) is 8.81. The van der Waals surface area contributed by atoms with Gasteiger partial charge in [0, 0.05) is 0 Å². The van der Waals surface area contributed by atoms with Gasteiger partial charge in [0.15, 0.2) is 0 Å². The van der Waals surface area contributed by atoms with Crippen LogP contribution in [0.15, 0.2) is 0 Å². The van der Waals surface area contributed by atoms with E-state index in [1.807, 2.05) is 0 Å². The van der Waals surface area contributed by atoms with Gasteiger partial charge in [-0.1, -0.05) is 0 Å². The Morgan fingerprint density at radius 3 is 1.41 bits per heavy atom. The van der Waals surface area contributed by atoms with Crippen molar-refractivity contribution in [1.82, 2.24) is 0 Å². The molecular formula is C8H14F6O3. The minimum atomic E-state index is -4.20. The molecule has 2 N–H and O–H groups in total. The van der Waals surface area contributed by atoms with E-state index < -0.39 is 31.8 Å². The van der Waals surface area contributed by atoms with E-state index >= 15 is 0 Å². The van der Waals surface area contributed by atoms with Gasteiger partial charge in [0.25, 0.3) is 0 Å². The molecule has 0 aromatic rings. The SMILES string of the molecule is OCCC(F)(F)F.OCCOCCC(F)(F)F. The van der Waals surface area contributed by atoms with Crippen LogP contribution < -0.4 is 0 Å². The van der Waals surface area contributed by atoms with Crippen molar-refractivity contribution in [2.75, 3.05) is 26.4 Å². The van der Waals surface area contributed by atoms with Gasteiger partial charge in [-0.05, 0) is 0 Å². The highest BCUT2D eigenvalue weighted by Crippen LogP contribution is 2.18. The number of ether oxygens (including phenoxy) is 1. The van der Waals surface area contributed by atoms with Crippen LogP contribution in [0.1, 0.15) is 12.8 Å². The summed E-state index contributed by atoms with van der Waals surface area (Å²) >= 11 is 0. The highest BCUT2D eigenvalue weighted by Gasteiger charge is 2.26. The topological polar surface area (TPSA) is 49.7 Å². The summed E-state index contributed by atoms with van der Waals surface area (Å²) in [4.78, 5) is 0. The molecule has 9 heteroatoms. The van der Waals surface area contributed by atoms with Crippen LogP contribution in [0.4, 0.5) is 26.3 Å². The van der Waals surface area contributed by atoms with Crippen LogP contribution in [-0.2, 0) is 4.74 Å². The van der Waals surface area contributed by atoms with E-state index in [4.69, 9.17) is 10.2 Å². The van der Waals surface area contributed by atoms with Gasteiger partial charge < -0.3 is 14.9 Å². The number of rotatable bonds is 5. The molecule has 0 unspecified atom stereocenters. The molecule has 0 radical (unpaired) electrons. The number of aliphatic hydroxyl groups is 2. The summed E-state index contributed by atoms with van der Waals surface area (Å²) in [6, 6.07) is 0. The summed E-state index contributed by atoms with van der Waals surface area (Å²) in [7, 11) is 0. The Kier molecular flexibility index (Phi) is 10.5. The number of halogens is 6. The van der Waals surface area contributed by atoms with Crippen molar-refractivity contribution in [3.63, 3.8) is 0 Å². The average Bonchev–Trinajstić information content (AvgIpc) is 2.10. The lowest BCUT2D eigenvalue weighted by Gasteiger charge is -2.05. The molecule has 3 nitrogen and oxygen atoms in total. The summed E-state index contributed by atoms with van der Waals surface area (Å²) in [6.45, 7) is -1.46. The Bertz CT molecular complexity index is 168. The normalized spacial score (nSPS) is 12.0. The second kappa shape index (κ2) is 9.49. The van der Waals surface area contributed by atoms with Gasteiger partial charge in [-0.25, -0.2) is 0 Å². The van der Waals surface area contributed by atoms with Crippen LogP contribution in [0.25, 0.3) is 0 Å². The van der Waals surface area contributed by atoms with Crippen LogP contribution in [-0.4, -0.2) is 49.0 Å². The molecule has 0 heterocycles. The van der Waals surface area contributed by atoms with E-state index in [0.717, 1.165) is 0 Å². The number of hydrogen-bond donors (Lipinski definition) is 2. The fourth-order valence-corrected chi connectivity index (χ4v) is 0.481. The van der Waals surface area contributed by atoms with Crippen molar-refractivity contribution in [2.24, 2.45) is 0 Å². The molecule has 17 heavy (non-hydrogen) atoms. The lowest BCUT2D eigenvalue weighted by atomic mass is 10.4. The maximum absolute atomic E-state index is 11.3. The molecule has 0 fully saturated rings. The lowest BCUT2D eigenvalue weighted by molar-refractivity contribution is -0.146. The molecule has 0 rings (SSSR count). The minimum absolute atomic E-state index is 0.0317. The smallest absolute Gasteiger partial charge is 0.391 e. The molecule has 0 aliphatic rings. The van der Waals surface area contributed by atoms with Crippen molar-refractivity contribution in [2.45, 2.75) is 25.2 Å². The van der Waals surface area contributed by atoms with E-state index in [1.54, 1.807) is 0 Å². The second-order valence-corrected chi connectivity index (χ2v) is 2.79. The maximum atomic E-state index is 11.3. The summed E-state index contributed by atoms with van der Waals surface area (Å²) < 4.78 is 71.1. The highest BCUT2D eigenvalue weighted by molar-refractivity contribution is 4.47. The molecule has 0 saturated heterocycles. The average molecular weight is 272 g/mol. The van der Waals surface area contributed by atoms with Crippen LogP contribution in [0.3, 0.4) is 0 Å². The molecule has 106 valence electrons. The number of aliphatic hydroxyl groups excluding tert-OH is 2. The Hall–Kier alpha value is -0.540. The predicted molar refractivity (Wildman–Crippen MR) is 46.3 cm³/mol. The summed E-state index contributed by atoms with van der Waals surface area (Å²) in [5.74, 6) is 0. The largest absolute Gasteiger partial charge is 0.396 e. The summed E-state index contributed by atoms with van der Waals surface area (Å²) in [5, 5.41) is 15.8. The molecule has 0 spiro atoms. The quantitative estimate of drug-likeness (QED) is 0.593. The molecule has 0 aliphatic carbocycles. The van der Waals surface area contributed by atoms with Crippen LogP contribution in [0.2, 0.25) is 0 Å². The van der Waals surface area contributed by atoms with Gasteiger partial charge in [-0.2, -0.15) is 26.3 Å². The Labute approximate surface area is 94.0 Å². The van der Waals surface area contributed by atoms with E-state index in [1.165, 1.54) is 0 Å². The molecule has 0 amide bonds.